The van der Waals surface area contributed by atoms with Gasteiger partial charge in [0.15, 0.2) is 0 Å². The summed E-state index contributed by atoms with van der Waals surface area (Å²) in [5.41, 5.74) is 1.32. The van der Waals surface area contributed by atoms with Crippen molar-refractivity contribution in [1.29, 1.82) is 0 Å². The summed E-state index contributed by atoms with van der Waals surface area (Å²) in [6.45, 7) is 0.417. The lowest BCUT2D eigenvalue weighted by molar-refractivity contribution is -0.149. The molecule has 2 fully saturated rings. The summed E-state index contributed by atoms with van der Waals surface area (Å²) < 4.78 is 37.2. The molecule has 1 saturated heterocycles. The van der Waals surface area contributed by atoms with Crippen LogP contribution in [0.25, 0.3) is 0 Å². The number of carbonyl (C=O) groups excluding carboxylic acids is 1. The fraction of sp³-hybridized carbons (Fsp3) is 0.611. The molecule has 0 unspecified atom stereocenters. The van der Waals surface area contributed by atoms with Gasteiger partial charge in [0, 0.05) is 17.9 Å². The van der Waals surface area contributed by atoms with Crippen LogP contribution in [-0.4, -0.2) is 43.2 Å². The zero-order valence-corrected chi connectivity index (χ0v) is 13.6. The van der Waals surface area contributed by atoms with Gasteiger partial charge in [0.2, 0.25) is 5.91 Å². The molecule has 0 spiro atoms. The maximum absolute atomic E-state index is 12.4. The molecule has 1 N–H and O–H groups in total. The van der Waals surface area contributed by atoms with Gasteiger partial charge in [-0.25, -0.2) is 0 Å². The minimum atomic E-state index is -4.16. The first-order valence-electron chi connectivity index (χ1n) is 8.50. The minimum Gasteiger partial charge on any atom is -0.355 e. The van der Waals surface area contributed by atoms with E-state index in [1.165, 1.54) is 10.5 Å². The molecule has 24 heavy (non-hydrogen) atoms. The van der Waals surface area contributed by atoms with Gasteiger partial charge in [-0.15, -0.1) is 0 Å². The molecule has 0 aromatic heterocycles. The maximum atomic E-state index is 12.4. The van der Waals surface area contributed by atoms with E-state index in [2.05, 4.69) is 17.4 Å². The minimum absolute atomic E-state index is 0.0103. The number of halogens is 3. The molecule has 0 bridgehead atoms. The first kappa shape index (κ1) is 17.3. The van der Waals surface area contributed by atoms with Crippen LogP contribution in [0.15, 0.2) is 30.3 Å². The van der Waals surface area contributed by atoms with Crippen molar-refractivity contribution in [3.05, 3.63) is 35.9 Å². The zero-order chi connectivity index (χ0) is 17.2. The predicted molar refractivity (Wildman–Crippen MR) is 85.6 cm³/mol. The van der Waals surface area contributed by atoms with Crippen molar-refractivity contribution in [2.24, 2.45) is 5.92 Å². The molecule has 1 heterocycles. The smallest absolute Gasteiger partial charge is 0.355 e. The number of likely N-dealkylation sites (tertiary alicyclic amines) is 1. The fourth-order valence-electron chi connectivity index (χ4n) is 3.52. The van der Waals surface area contributed by atoms with Gasteiger partial charge in [0.05, 0.1) is 6.54 Å². The fourth-order valence-corrected chi connectivity index (χ4v) is 3.52. The number of carbonyl (C=O) groups is 1. The number of nitrogens with zero attached hydrogens (tertiary/aromatic N) is 1. The van der Waals surface area contributed by atoms with Crippen LogP contribution in [0.1, 0.15) is 31.2 Å². The summed E-state index contributed by atoms with van der Waals surface area (Å²) in [6, 6.07) is 10.2. The Morgan fingerprint density at radius 3 is 2.33 bits per heavy atom. The molecule has 2 aliphatic rings. The number of alkyl halides is 3. The lowest BCUT2D eigenvalue weighted by Gasteiger charge is -2.32. The Labute approximate surface area is 140 Å². The largest absolute Gasteiger partial charge is 0.401 e. The number of hydrogen-bond donors (Lipinski definition) is 1. The second kappa shape index (κ2) is 6.75. The quantitative estimate of drug-likeness (QED) is 0.893. The molecule has 132 valence electrons. The number of nitrogens with one attached hydrogen (secondary N) is 1. The third-order valence-electron chi connectivity index (χ3n) is 5.20. The number of hydrogen-bond acceptors (Lipinski definition) is 2. The van der Waals surface area contributed by atoms with E-state index in [0.717, 1.165) is 12.8 Å². The predicted octanol–water partition coefficient (Wildman–Crippen LogP) is 3.11. The van der Waals surface area contributed by atoms with E-state index in [1.807, 2.05) is 18.2 Å². The van der Waals surface area contributed by atoms with Crippen molar-refractivity contribution in [1.82, 2.24) is 10.2 Å². The van der Waals surface area contributed by atoms with E-state index in [9.17, 15) is 18.0 Å². The van der Waals surface area contributed by atoms with Crippen LogP contribution in [0.5, 0.6) is 0 Å². The van der Waals surface area contributed by atoms with Crippen LogP contribution in [0, 0.1) is 5.92 Å². The Kier molecular flexibility index (Phi) is 4.85. The Bertz CT molecular complexity index is 561. The molecule has 3 nitrogen and oxygen atoms in total. The van der Waals surface area contributed by atoms with E-state index >= 15 is 0 Å². The van der Waals surface area contributed by atoms with Gasteiger partial charge in [-0.1, -0.05) is 30.3 Å². The molecular formula is C18H23F3N2O. The zero-order valence-electron chi connectivity index (χ0n) is 13.6. The molecule has 6 heteroatoms. The molecule has 1 aliphatic carbocycles. The van der Waals surface area contributed by atoms with E-state index in [4.69, 9.17) is 0 Å². The van der Waals surface area contributed by atoms with Crippen LogP contribution >= 0.6 is 0 Å². The second-order valence-corrected chi connectivity index (χ2v) is 7.03. The molecule has 1 aromatic carbocycles. The highest BCUT2D eigenvalue weighted by Gasteiger charge is 2.44. The first-order chi connectivity index (χ1) is 11.4. The van der Waals surface area contributed by atoms with Gasteiger partial charge < -0.3 is 5.32 Å². The Morgan fingerprint density at radius 1 is 1.17 bits per heavy atom. The molecule has 0 atom stereocenters. The average molecular weight is 340 g/mol. The van der Waals surface area contributed by atoms with Crippen molar-refractivity contribution in [2.45, 2.75) is 37.3 Å². The van der Waals surface area contributed by atoms with E-state index in [-0.39, 0.29) is 17.2 Å². The maximum Gasteiger partial charge on any atom is 0.401 e. The highest BCUT2D eigenvalue weighted by molar-refractivity contribution is 5.79. The first-order valence-corrected chi connectivity index (χ1v) is 8.50. The lowest BCUT2D eigenvalue weighted by atomic mass is 9.93. The van der Waals surface area contributed by atoms with Gasteiger partial charge in [-0.05, 0) is 44.3 Å². The van der Waals surface area contributed by atoms with Gasteiger partial charge in [-0.2, -0.15) is 13.2 Å². The molecule has 1 amide bonds. The molecular weight excluding hydrogens is 317 g/mol. The number of piperidine rings is 1. The van der Waals surface area contributed by atoms with Crippen molar-refractivity contribution in [3.63, 3.8) is 0 Å². The Hall–Kier alpha value is -1.56. The van der Waals surface area contributed by atoms with E-state index in [1.54, 1.807) is 0 Å². The van der Waals surface area contributed by atoms with Crippen LogP contribution in [-0.2, 0) is 10.2 Å². The summed E-state index contributed by atoms with van der Waals surface area (Å²) in [5, 5.41) is 3.04. The SMILES string of the molecule is O=C(NCC1(c2ccccc2)CC1)C1CCN(CC(F)(F)F)CC1. The average Bonchev–Trinajstić information content (AvgIpc) is 3.34. The third kappa shape index (κ3) is 4.29. The molecule has 1 saturated carbocycles. The van der Waals surface area contributed by atoms with Crippen molar-refractivity contribution < 1.29 is 18.0 Å². The summed E-state index contributed by atoms with van der Waals surface area (Å²) in [6.07, 6.45) is -1.02. The van der Waals surface area contributed by atoms with Crippen molar-refractivity contribution in [2.75, 3.05) is 26.2 Å². The second-order valence-electron chi connectivity index (χ2n) is 7.03. The lowest BCUT2D eigenvalue weighted by Crippen LogP contribution is -2.44. The van der Waals surface area contributed by atoms with Gasteiger partial charge in [0.1, 0.15) is 0 Å². The number of benzene rings is 1. The third-order valence-corrected chi connectivity index (χ3v) is 5.20. The van der Waals surface area contributed by atoms with E-state index < -0.39 is 12.7 Å². The van der Waals surface area contributed by atoms with Gasteiger partial charge in [0.25, 0.3) is 0 Å². The summed E-state index contributed by atoms with van der Waals surface area (Å²) in [7, 11) is 0. The van der Waals surface area contributed by atoms with Gasteiger partial charge >= 0.3 is 6.18 Å². The standard InChI is InChI=1S/C18H23F3N2O/c19-18(20,21)13-23-10-6-14(7-11-23)16(24)22-12-17(8-9-17)15-4-2-1-3-5-15/h1-5,14H,6-13H2,(H,22,24). The van der Waals surface area contributed by atoms with Crippen LogP contribution in [0.4, 0.5) is 13.2 Å². The number of amides is 1. The Morgan fingerprint density at radius 2 is 1.79 bits per heavy atom. The van der Waals surface area contributed by atoms with Crippen molar-refractivity contribution in [3.8, 4) is 0 Å². The summed E-state index contributed by atoms with van der Waals surface area (Å²) in [5.74, 6) is -0.176. The normalized spacial score (nSPS) is 21.5. The summed E-state index contributed by atoms with van der Waals surface area (Å²) in [4.78, 5) is 13.7. The highest BCUT2D eigenvalue weighted by atomic mass is 19.4. The molecule has 3 rings (SSSR count). The summed E-state index contributed by atoms with van der Waals surface area (Å²) >= 11 is 0. The van der Waals surface area contributed by atoms with Gasteiger partial charge in [-0.3, -0.25) is 9.69 Å². The molecule has 1 aliphatic heterocycles. The molecule has 1 aromatic rings. The van der Waals surface area contributed by atoms with E-state index in [0.29, 0.717) is 32.5 Å². The Balaban J connectivity index is 1.45. The van der Waals surface area contributed by atoms with Crippen LogP contribution in [0.3, 0.4) is 0 Å². The van der Waals surface area contributed by atoms with Crippen LogP contribution < -0.4 is 5.32 Å². The van der Waals surface area contributed by atoms with Crippen molar-refractivity contribution >= 4 is 5.91 Å². The highest BCUT2D eigenvalue weighted by Crippen LogP contribution is 2.47. The molecule has 0 radical (unpaired) electrons. The monoisotopic (exact) mass is 340 g/mol. The number of rotatable bonds is 5. The topological polar surface area (TPSA) is 32.3 Å². The van der Waals surface area contributed by atoms with Crippen LogP contribution in [0.2, 0.25) is 0 Å².